The molecule has 1 N–H and O–H groups in total. The van der Waals surface area contributed by atoms with Crippen LogP contribution in [0.4, 0.5) is 5.69 Å². The van der Waals surface area contributed by atoms with Crippen LogP contribution in [0, 0.1) is 12.8 Å². The topological polar surface area (TPSA) is 28.2 Å². The van der Waals surface area contributed by atoms with Crippen molar-refractivity contribution in [2.45, 2.75) is 59.5 Å². The summed E-state index contributed by atoms with van der Waals surface area (Å²) >= 11 is 0. The lowest BCUT2D eigenvalue weighted by atomic mass is 10.0. The number of aromatic nitrogens is 1. The van der Waals surface area contributed by atoms with Crippen LogP contribution in [0.5, 0.6) is 0 Å². The van der Waals surface area contributed by atoms with Crippen molar-refractivity contribution < 1.29 is 0 Å². The molecular formula is C17H29N3. The van der Waals surface area contributed by atoms with Crippen LogP contribution in [0.3, 0.4) is 0 Å². The third-order valence-corrected chi connectivity index (χ3v) is 4.08. The Morgan fingerprint density at radius 2 is 2.20 bits per heavy atom. The number of nitrogens with zero attached hydrogens (tertiary/aromatic N) is 2. The molecule has 2 heterocycles. The molecule has 0 aliphatic carbocycles. The molecule has 1 aliphatic rings. The van der Waals surface area contributed by atoms with Gasteiger partial charge in [0.1, 0.15) is 0 Å². The molecule has 3 nitrogen and oxygen atoms in total. The molecule has 0 spiro atoms. The van der Waals surface area contributed by atoms with E-state index in [9.17, 15) is 0 Å². The first kappa shape index (κ1) is 15.3. The van der Waals surface area contributed by atoms with Crippen LogP contribution in [0.25, 0.3) is 0 Å². The molecule has 0 aromatic carbocycles. The molecule has 1 aliphatic heterocycles. The van der Waals surface area contributed by atoms with Gasteiger partial charge in [0.2, 0.25) is 0 Å². The quantitative estimate of drug-likeness (QED) is 0.891. The van der Waals surface area contributed by atoms with Crippen molar-refractivity contribution in [3.8, 4) is 0 Å². The fourth-order valence-corrected chi connectivity index (χ4v) is 2.93. The zero-order valence-electron chi connectivity index (χ0n) is 13.4. The first-order chi connectivity index (χ1) is 9.58. The van der Waals surface area contributed by atoms with Crippen LogP contribution in [0.2, 0.25) is 0 Å². The van der Waals surface area contributed by atoms with Crippen LogP contribution in [-0.2, 0) is 6.54 Å². The van der Waals surface area contributed by atoms with Gasteiger partial charge in [0, 0.05) is 42.3 Å². The predicted octanol–water partition coefficient (Wildman–Crippen LogP) is 3.51. The Balaban J connectivity index is 2.14. The molecule has 0 amide bonds. The van der Waals surface area contributed by atoms with E-state index in [0.29, 0.717) is 12.0 Å². The minimum atomic E-state index is 0.648. The highest BCUT2D eigenvalue weighted by atomic mass is 15.2. The molecule has 1 fully saturated rings. The molecular weight excluding hydrogens is 246 g/mol. The Morgan fingerprint density at radius 3 is 2.90 bits per heavy atom. The van der Waals surface area contributed by atoms with E-state index in [1.807, 2.05) is 0 Å². The largest absolute Gasteiger partial charge is 0.368 e. The van der Waals surface area contributed by atoms with E-state index in [1.54, 1.807) is 0 Å². The van der Waals surface area contributed by atoms with Gasteiger partial charge in [-0.3, -0.25) is 4.98 Å². The molecule has 3 heteroatoms. The Bertz CT molecular complexity index is 428. The number of anilines is 1. The van der Waals surface area contributed by atoms with Gasteiger partial charge in [-0.05, 0) is 51.6 Å². The Morgan fingerprint density at radius 1 is 1.40 bits per heavy atom. The molecule has 2 rings (SSSR count). The molecule has 0 saturated carbocycles. The van der Waals surface area contributed by atoms with Gasteiger partial charge < -0.3 is 10.2 Å². The SMILES string of the molecule is Cc1cc(N2CCCCC2C)c(CNCC(C)C)cn1. The van der Waals surface area contributed by atoms with Crippen LogP contribution in [-0.4, -0.2) is 24.1 Å². The molecule has 20 heavy (non-hydrogen) atoms. The van der Waals surface area contributed by atoms with Crippen LogP contribution < -0.4 is 10.2 Å². The zero-order chi connectivity index (χ0) is 14.5. The summed E-state index contributed by atoms with van der Waals surface area (Å²) in [4.78, 5) is 7.06. The van der Waals surface area contributed by atoms with Crippen molar-refractivity contribution in [1.82, 2.24) is 10.3 Å². The molecule has 112 valence electrons. The molecule has 1 atom stereocenters. The summed E-state index contributed by atoms with van der Waals surface area (Å²) in [5.74, 6) is 0.686. The lowest BCUT2D eigenvalue weighted by Crippen LogP contribution is -2.38. The van der Waals surface area contributed by atoms with Crippen LogP contribution in [0.15, 0.2) is 12.3 Å². The highest BCUT2D eigenvalue weighted by Crippen LogP contribution is 2.28. The summed E-state index contributed by atoms with van der Waals surface area (Å²) in [6.07, 6.45) is 6.03. The smallest absolute Gasteiger partial charge is 0.0447 e. The Hall–Kier alpha value is -1.09. The van der Waals surface area contributed by atoms with Crippen molar-refractivity contribution in [2.24, 2.45) is 5.92 Å². The highest BCUT2D eigenvalue weighted by Gasteiger charge is 2.21. The molecule has 1 unspecified atom stereocenters. The Labute approximate surface area is 123 Å². The number of pyridine rings is 1. The fraction of sp³-hybridized carbons (Fsp3) is 0.706. The van der Waals surface area contributed by atoms with E-state index in [0.717, 1.165) is 18.8 Å². The van der Waals surface area contributed by atoms with E-state index in [-0.39, 0.29) is 0 Å². The molecule has 1 saturated heterocycles. The third-order valence-electron chi connectivity index (χ3n) is 4.08. The van der Waals surface area contributed by atoms with Crippen LogP contribution in [0.1, 0.15) is 51.3 Å². The van der Waals surface area contributed by atoms with Crippen molar-refractivity contribution in [2.75, 3.05) is 18.0 Å². The first-order valence-corrected chi connectivity index (χ1v) is 8.01. The van der Waals surface area contributed by atoms with Gasteiger partial charge in [0.25, 0.3) is 0 Å². The average Bonchev–Trinajstić information content (AvgIpc) is 2.41. The second-order valence-corrected chi connectivity index (χ2v) is 6.52. The van der Waals surface area contributed by atoms with Gasteiger partial charge in [0.05, 0.1) is 0 Å². The van der Waals surface area contributed by atoms with E-state index in [4.69, 9.17) is 0 Å². The van der Waals surface area contributed by atoms with E-state index >= 15 is 0 Å². The van der Waals surface area contributed by atoms with Gasteiger partial charge in [-0.1, -0.05) is 13.8 Å². The highest BCUT2D eigenvalue weighted by molar-refractivity contribution is 5.54. The van der Waals surface area contributed by atoms with Gasteiger partial charge in [-0.25, -0.2) is 0 Å². The number of aryl methyl sites for hydroxylation is 1. The third kappa shape index (κ3) is 3.95. The minimum absolute atomic E-state index is 0.648. The van der Waals surface area contributed by atoms with E-state index < -0.39 is 0 Å². The number of piperidine rings is 1. The number of hydrogen-bond acceptors (Lipinski definition) is 3. The lowest BCUT2D eigenvalue weighted by Gasteiger charge is -2.36. The molecule has 0 radical (unpaired) electrons. The minimum Gasteiger partial charge on any atom is -0.368 e. The van der Waals surface area contributed by atoms with Crippen molar-refractivity contribution in [3.63, 3.8) is 0 Å². The summed E-state index contributed by atoms with van der Waals surface area (Å²) in [5, 5.41) is 3.55. The maximum absolute atomic E-state index is 4.49. The number of hydrogen-bond donors (Lipinski definition) is 1. The maximum atomic E-state index is 4.49. The summed E-state index contributed by atoms with van der Waals surface area (Å²) in [5.41, 5.74) is 3.84. The van der Waals surface area contributed by atoms with Crippen molar-refractivity contribution in [1.29, 1.82) is 0 Å². The van der Waals surface area contributed by atoms with Crippen molar-refractivity contribution >= 4 is 5.69 Å². The molecule has 1 aromatic heterocycles. The van der Waals surface area contributed by atoms with Gasteiger partial charge in [-0.2, -0.15) is 0 Å². The molecule has 1 aromatic rings. The lowest BCUT2D eigenvalue weighted by molar-refractivity contribution is 0.482. The summed E-state index contributed by atoms with van der Waals surface area (Å²) in [6, 6.07) is 2.91. The van der Waals surface area contributed by atoms with Gasteiger partial charge in [0.15, 0.2) is 0 Å². The average molecular weight is 275 g/mol. The second-order valence-electron chi connectivity index (χ2n) is 6.52. The van der Waals surface area contributed by atoms with Gasteiger partial charge >= 0.3 is 0 Å². The maximum Gasteiger partial charge on any atom is 0.0447 e. The summed E-state index contributed by atoms with van der Waals surface area (Å²) in [7, 11) is 0. The van der Waals surface area contributed by atoms with E-state index in [1.165, 1.54) is 37.1 Å². The zero-order valence-corrected chi connectivity index (χ0v) is 13.4. The predicted molar refractivity (Wildman–Crippen MR) is 86.2 cm³/mol. The monoisotopic (exact) mass is 275 g/mol. The normalized spacial score (nSPS) is 19.6. The van der Waals surface area contributed by atoms with Crippen molar-refractivity contribution in [3.05, 3.63) is 23.5 Å². The standard InChI is InChI=1S/C17H29N3/c1-13(2)10-18-11-16-12-19-14(3)9-17(16)20-8-6-5-7-15(20)4/h9,12-13,15,18H,5-8,10-11H2,1-4H3. The fourth-order valence-electron chi connectivity index (χ4n) is 2.93. The molecule has 0 bridgehead atoms. The first-order valence-electron chi connectivity index (χ1n) is 8.01. The number of rotatable bonds is 5. The number of nitrogens with one attached hydrogen (secondary N) is 1. The summed E-state index contributed by atoms with van der Waals surface area (Å²) in [6.45, 7) is 12.1. The second kappa shape index (κ2) is 7.07. The summed E-state index contributed by atoms with van der Waals surface area (Å²) < 4.78 is 0. The van der Waals surface area contributed by atoms with Crippen LogP contribution >= 0.6 is 0 Å². The Kier molecular flexibility index (Phi) is 5.41. The van der Waals surface area contributed by atoms with Gasteiger partial charge in [-0.15, -0.1) is 0 Å². The van der Waals surface area contributed by atoms with E-state index in [2.05, 4.69) is 55.2 Å².